The van der Waals surface area contributed by atoms with E-state index >= 15 is 0 Å². The Balaban J connectivity index is 1.85. The molecular weight excluding hydrogens is 264 g/mol. The number of amides is 2. The minimum absolute atomic E-state index is 0.00166. The first-order valence-electron chi connectivity index (χ1n) is 6.95. The first-order chi connectivity index (χ1) is 9.58. The first kappa shape index (κ1) is 14.8. The van der Waals surface area contributed by atoms with Crippen molar-refractivity contribution in [3.63, 3.8) is 0 Å². The van der Waals surface area contributed by atoms with Crippen molar-refractivity contribution in [3.05, 3.63) is 0 Å². The molecule has 0 aromatic carbocycles. The van der Waals surface area contributed by atoms with Crippen LogP contribution in [0.25, 0.3) is 0 Å². The van der Waals surface area contributed by atoms with Crippen molar-refractivity contribution in [2.45, 2.75) is 31.7 Å². The van der Waals surface area contributed by atoms with Crippen LogP contribution >= 0.6 is 0 Å². The second-order valence-corrected chi connectivity index (χ2v) is 5.28. The molecule has 7 heteroatoms. The summed E-state index contributed by atoms with van der Waals surface area (Å²) in [4.78, 5) is 36.3. The average Bonchev–Trinajstić information content (AvgIpc) is 2.75. The van der Waals surface area contributed by atoms with Crippen molar-refractivity contribution < 1.29 is 24.2 Å². The molecule has 2 atom stereocenters. The molecule has 2 unspecified atom stereocenters. The summed E-state index contributed by atoms with van der Waals surface area (Å²) in [6.07, 6.45) is 3.26. The average molecular weight is 284 g/mol. The number of nitrogens with zero attached hydrogens (tertiary/aromatic N) is 1. The molecule has 2 aliphatic rings. The van der Waals surface area contributed by atoms with Gasteiger partial charge in [-0.25, -0.2) is 0 Å². The van der Waals surface area contributed by atoms with Gasteiger partial charge in [0.2, 0.25) is 11.8 Å². The zero-order valence-electron chi connectivity index (χ0n) is 11.3. The topological polar surface area (TPSA) is 95.9 Å². The highest BCUT2D eigenvalue weighted by Gasteiger charge is 2.35. The van der Waals surface area contributed by atoms with Crippen molar-refractivity contribution in [3.8, 4) is 0 Å². The number of likely N-dealkylation sites (tertiary alicyclic amines) is 1. The molecule has 2 fully saturated rings. The van der Waals surface area contributed by atoms with Crippen molar-refractivity contribution in [1.29, 1.82) is 0 Å². The normalized spacial score (nSPS) is 27.2. The maximum atomic E-state index is 11.9. The van der Waals surface area contributed by atoms with E-state index < -0.39 is 17.9 Å². The van der Waals surface area contributed by atoms with Crippen molar-refractivity contribution in [1.82, 2.24) is 10.2 Å². The highest BCUT2D eigenvalue weighted by molar-refractivity contribution is 5.85. The summed E-state index contributed by atoms with van der Waals surface area (Å²) in [6, 6.07) is -0.512. The van der Waals surface area contributed by atoms with E-state index in [-0.39, 0.29) is 31.6 Å². The molecule has 0 spiro atoms. The Kier molecular flexibility index (Phi) is 4.94. The van der Waals surface area contributed by atoms with Gasteiger partial charge in [0.15, 0.2) is 0 Å². The number of aliphatic carboxylic acids is 1. The largest absolute Gasteiger partial charge is 0.481 e. The number of rotatable bonds is 4. The molecule has 0 aliphatic carbocycles. The zero-order chi connectivity index (χ0) is 14.5. The summed E-state index contributed by atoms with van der Waals surface area (Å²) in [5.41, 5.74) is 0. The lowest BCUT2D eigenvalue weighted by atomic mass is 10.0. The Labute approximate surface area is 117 Å². The predicted molar refractivity (Wildman–Crippen MR) is 68.9 cm³/mol. The maximum Gasteiger partial charge on any atom is 0.311 e. The van der Waals surface area contributed by atoms with E-state index in [0.717, 1.165) is 19.3 Å². The second-order valence-electron chi connectivity index (χ2n) is 5.28. The fraction of sp³-hybridized carbons (Fsp3) is 0.769. The molecule has 2 aliphatic heterocycles. The van der Waals surface area contributed by atoms with E-state index in [1.807, 2.05) is 0 Å². The molecule has 0 saturated carbocycles. The van der Waals surface area contributed by atoms with Gasteiger partial charge in [-0.3, -0.25) is 14.4 Å². The molecule has 2 rings (SSSR count). The van der Waals surface area contributed by atoms with Crippen LogP contribution in [0.2, 0.25) is 0 Å². The molecule has 20 heavy (non-hydrogen) atoms. The Morgan fingerprint density at radius 1 is 1.30 bits per heavy atom. The lowest BCUT2D eigenvalue weighted by molar-refractivity contribution is -0.142. The van der Waals surface area contributed by atoms with Crippen LogP contribution in [0.1, 0.15) is 25.7 Å². The van der Waals surface area contributed by atoms with E-state index in [9.17, 15) is 14.4 Å². The van der Waals surface area contributed by atoms with Crippen LogP contribution in [0.3, 0.4) is 0 Å². The van der Waals surface area contributed by atoms with Gasteiger partial charge in [0.25, 0.3) is 0 Å². The van der Waals surface area contributed by atoms with Gasteiger partial charge >= 0.3 is 5.97 Å². The van der Waals surface area contributed by atoms with E-state index in [1.165, 1.54) is 0 Å². The van der Waals surface area contributed by atoms with Crippen molar-refractivity contribution >= 4 is 17.8 Å². The monoisotopic (exact) mass is 284 g/mol. The van der Waals surface area contributed by atoms with Crippen molar-refractivity contribution in [2.24, 2.45) is 5.92 Å². The number of carboxylic acids is 1. The predicted octanol–water partition coefficient (Wildman–Crippen LogP) is -0.395. The standard InChI is InChI=1S/C13H20N2O5/c16-11(6-15-5-3-1-2-4-12(15)17)14-10-8-20-7-9(10)13(18)19/h9-10H,1-8H2,(H,14,16)(H,18,19). The summed E-state index contributed by atoms with van der Waals surface area (Å²) < 4.78 is 5.09. The lowest BCUT2D eigenvalue weighted by Gasteiger charge is -2.22. The van der Waals surface area contributed by atoms with Gasteiger partial charge in [0.1, 0.15) is 5.92 Å². The van der Waals surface area contributed by atoms with Crippen LogP contribution in [0.4, 0.5) is 0 Å². The van der Waals surface area contributed by atoms with Gasteiger partial charge in [-0.2, -0.15) is 0 Å². The fourth-order valence-corrected chi connectivity index (χ4v) is 2.57. The van der Waals surface area contributed by atoms with Gasteiger partial charge in [-0.15, -0.1) is 0 Å². The van der Waals surface area contributed by atoms with Gasteiger partial charge in [-0.05, 0) is 12.8 Å². The SMILES string of the molecule is O=C(CN1CCCCCC1=O)NC1COCC1C(=O)O. The Morgan fingerprint density at radius 2 is 2.10 bits per heavy atom. The number of carbonyl (C=O) groups excluding carboxylic acids is 2. The molecule has 2 amide bonds. The third-order valence-corrected chi connectivity index (χ3v) is 3.75. The third kappa shape index (κ3) is 3.69. The number of hydrogen-bond donors (Lipinski definition) is 2. The van der Waals surface area contributed by atoms with Crippen LogP contribution in [-0.4, -0.2) is 60.1 Å². The van der Waals surface area contributed by atoms with Crippen LogP contribution in [0.15, 0.2) is 0 Å². The third-order valence-electron chi connectivity index (χ3n) is 3.75. The number of hydrogen-bond acceptors (Lipinski definition) is 4. The molecule has 0 bridgehead atoms. The van der Waals surface area contributed by atoms with Crippen LogP contribution in [-0.2, 0) is 19.1 Å². The summed E-state index contributed by atoms with van der Waals surface area (Å²) in [7, 11) is 0. The van der Waals surface area contributed by atoms with E-state index in [2.05, 4.69) is 5.32 Å². The quantitative estimate of drug-likeness (QED) is 0.732. The van der Waals surface area contributed by atoms with Crippen molar-refractivity contribution in [2.75, 3.05) is 26.3 Å². The van der Waals surface area contributed by atoms with Gasteiger partial charge in [0.05, 0.1) is 25.8 Å². The molecule has 0 aromatic rings. The van der Waals surface area contributed by atoms with E-state index in [0.29, 0.717) is 13.0 Å². The molecule has 7 nitrogen and oxygen atoms in total. The van der Waals surface area contributed by atoms with E-state index in [1.54, 1.807) is 4.90 Å². The second kappa shape index (κ2) is 6.69. The molecule has 2 heterocycles. The van der Waals surface area contributed by atoms with Gasteiger partial charge in [0, 0.05) is 13.0 Å². The number of carbonyl (C=O) groups is 3. The van der Waals surface area contributed by atoms with Gasteiger partial charge < -0.3 is 20.1 Å². The highest BCUT2D eigenvalue weighted by atomic mass is 16.5. The first-order valence-corrected chi connectivity index (χ1v) is 6.95. The molecule has 0 aromatic heterocycles. The molecule has 2 N–H and O–H groups in total. The summed E-state index contributed by atoms with van der Waals surface area (Å²) in [5, 5.41) is 11.7. The number of carboxylic acid groups (broad SMARTS) is 1. The van der Waals surface area contributed by atoms with Gasteiger partial charge in [-0.1, -0.05) is 6.42 Å². The molecule has 112 valence electrons. The minimum Gasteiger partial charge on any atom is -0.481 e. The molecule has 0 radical (unpaired) electrons. The van der Waals surface area contributed by atoms with Crippen LogP contribution < -0.4 is 5.32 Å². The number of ether oxygens (including phenoxy) is 1. The molecular formula is C13H20N2O5. The fourth-order valence-electron chi connectivity index (χ4n) is 2.57. The van der Waals surface area contributed by atoms with Crippen LogP contribution in [0.5, 0.6) is 0 Å². The summed E-state index contributed by atoms with van der Waals surface area (Å²) in [5.74, 6) is -2.01. The van der Waals surface area contributed by atoms with Crippen LogP contribution in [0, 0.1) is 5.92 Å². The summed E-state index contributed by atoms with van der Waals surface area (Å²) >= 11 is 0. The smallest absolute Gasteiger partial charge is 0.311 e. The Morgan fingerprint density at radius 3 is 2.85 bits per heavy atom. The zero-order valence-corrected chi connectivity index (χ0v) is 11.3. The lowest BCUT2D eigenvalue weighted by Crippen LogP contribution is -2.47. The maximum absolute atomic E-state index is 11.9. The minimum atomic E-state index is -0.973. The van der Waals surface area contributed by atoms with E-state index in [4.69, 9.17) is 9.84 Å². The summed E-state index contributed by atoms with van der Waals surface area (Å²) in [6.45, 7) is 0.914. The molecule has 2 saturated heterocycles. The Hall–Kier alpha value is -1.63. The highest BCUT2D eigenvalue weighted by Crippen LogP contribution is 2.14. The Bertz CT molecular complexity index is 398. The number of nitrogens with one attached hydrogen (secondary N) is 1.